The van der Waals surface area contributed by atoms with Gasteiger partial charge in [0.05, 0.1) is 6.26 Å². The molecule has 2 heterocycles. The fourth-order valence-electron chi connectivity index (χ4n) is 2.62. The van der Waals surface area contributed by atoms with Crippen molar-refractivity contribution in [3.8, 4) is 0 Å². The van der Waals surface area contributed by atoms with Gasteiger partial charge in [0.2, 0.25) is 0 Å². The molecule has 3 rings (SSSR count). The molecule has 0 aliphatic carbocycles. The monoisotopic (exact) mass is 273 g/mol. The minimum Gasteiger partial charge on any atom is -0.478 e. The molecule has 0 amide bonds. The Labute approximate surface area is 116 Å². The van der Waals surface area contributed by atoms with Crippen molar-refractivity contribution in [2.75, 3.05) is 18.5 Å². The van der Waals surface area contributed by atoms with Crippen LogP contribution in [0.5, 0.6) is 0 Å². The van der Waals surface area contributed by atoms with E-state index < -0.39 is 12.1 Å². The van der Waals surface area contributed by atoms with Gasteiger partial charge in [-0.05, 0) is 29.7 Å². The molecule has 5 nitrogen and oxygen atoms in total. The van der Waals surface area contributed by atoms with Gasteiger partial charge in [-0.2, -0.15) is 0 Å². The Morgan fingerprint density at radius 1 is 1.40 bits per heavy atom. The Morgan fingerprint density at radius 2 is 2.20 bits per heavy atom. The molecule has 2 aromatic rings. The summed E-state index contributed by atoms with van der Waals surface area (Å²) in [4.78, 5) is 13.2. The Balaban J connectivity index is 1.97. The predicted octanol–water partition coefficient (Wildman–Crippen LogP) is 2.05. The van der Waals surface area contributed by atoms with Crippen LogP contribution in [0, 0.1) is 0 Å². The Hall–Kier alpha value is -2.27. The first-order valence-electron chi connectivity index (χ1n) is 6.40. The van der Waals surface area contributed by atoms with E-state index in [1.54, 1.807) is 6.07 Å². The summed E-state index contributed by atoms with van der Waals surface area (Å²) < 4.78 is 5.14. The van der Waals surface area contributed by atoms with Crippen LogP contribution in [0.4, 0.5) is 5.69 Å². The molecular formula is C15H15NO4. The lowest BCUT2D eigenvalue weighted by Crippen LogP contribution is -2.12. The topological polar surface area (TPSA) is 73.9 Å². The lowest BCUT2D eigenvalue weighted by Gasteiger charge is -2.14. The van der Waals surface area contributed by atoms with Crippen LogP contribution < -0.4 is 4.90 Å². The van der Waals surface area contributed by atoms with E-state index in [-0.39, 0.29) is 11.3 Å². The predicted molar refractivity (Wildman–Crippen MR) is 73.1 cm³/mol. The zero-order chi connectivity index (χ0) is 14.3. The normalized spacial score (nSPS) is 15.2. The minimum absolute atomic E-state index is 0.00452. The quantitative estimate of drug-likeness (QED) is 0.895. The summed E-state index contributed by atoms with van der Waals surface area (Å²) in [6.07, 6.45) is 1.15. The van der Waals surface area contributed by atoms with Crippen molar-refractivity contribution in [3.05, 3.63) is 53.0 Å². The molecule has 0 spiro atoms. The van der Waals surface area contributed by atoms with Crippen LogP contribution in [-0.2, 0) is 6.42 Å². The van der Waals surface area contributed by atoms with Crippen molar-refractivity contribution in [1.82, 2.24) is 0 Å². The molecule has 1 aromatic heterocycles. The van der Waals surface area contributed by atoms with Crippen molar-refractivity contribution in [3.63, 3.8) is 0 Å². The highest BCUT2D eigenvalue weighted by atomic mass is 16.4. The van der Waals surface area contributed by atoms with Gasteiger partial charge in [0.15, 0.2) is 5.76 Å². The second-order valence-corrected chi connectivity index (χ2v) is 4.97. The van der Waals surface area contributed by atoms with Gasteiger partial charge in [-0.1, -0.05) is 12.1 Å². The molecule has 0 bridgehead atoms. The number of furan rings is 1. The number of benzene rings is 1. The van der Waals surface area contributed by atoms with E-state index in [0.29, 0.717) is 5.56 Å². The number of anilines is 1. The number of fused-ring (bicyclic) bond motifs is 1. The van der Waals surface area contributed by atoms with E-state index in [9.17, 15) is 9.90 Å². The van der Waals surface area contributed by atoms with E-state index >= 15 is 0 Å². The van der Waals surface area contributed by atoms with Gasteiger partial charge in [-0.25, -0.2) is 4.79 Å². The number of likely N-dealkylation sites (N-methyl/N-ethyl adjacent to an activating group) is 1. The van der Waals surface area contributed by atoms with Crippen LogP contribution in [0.2, 0.25) is 0 Å². The fraction of sp³-hybridized carbons (Fsp3) is 0.267. The first-order chi connectivity index (χ1) is 9.58. The molecule has 1 aliphatic heterocycles. The van der Waals surface area contributed by atoms with Crippen LogP contribution in [0.3, 0.4) is 0 Å². The highest BCUT2D eigenvalue weighted by Crippen LogP contribution is 2.32. The van der Waals surface area contributed by atoms with Crippen molar-refractivity contribution < 1.29 is 19.4 Å². The van der Waals surface area contributed by atoms with E-state index in [1.807, 2.05) is 19.2 Å². The van der Waals surface area contributed by atoms with Crippen LogP contribution in [-0.4, -0.2) is 29.8 Å². The van der Waals surface area contributed by atoms with Gasteiger partial charge < -0.3 is 19.5 Å². The average molecular weight is 273 g/mol. The van der Waals surface area contributed by atoms with Gasteiger partial charge in [0.25, 0.3) is 0 Å². The molecule has 0 saturated heterocycles. The van der Waals surface area contributed by atoms with E-state index in [2.05, 4.69) is 4.90 Å². The largest absolute Gasteiger partial charge is 0.478 e. The number of nitrogens with zero attached hydrogens (tertiary/aromatic N) is 1. The second-order valence-electron chi connectivity index (χ2n) is 4.97. The summed E-state index contributed by atoms with van der Waals surface area (Å²) in [5, 5.41) is 19.4. The first-order valence-corrected chi connectivity index (χ1v) is 6.40. The van der Waals surface area contributed by atoms with Crippen molar-refractivity contribution in [2.45, 2.75) is 12.5 Å². The number of hydrogen-bond acceptors (Lipinski definition) is 4. The number of aliphatic hydroxyl groups is 1. The standard InChI is InChI=1S/C15H15NO4/c1-16-6-4-9-8-10(2-3-12(9)16)13(17)14-11(15(18)19)5-7-20-14/h2-3,5,7-8,13,17H,4,6H2,1H3,(H,18,19). The SMILES string of the molecule is CN1CCc2cc(C(O)c3occc3C(=O)O)ccc21. The van der Waals surface area contributed by atoms with Gasteiger partial charge >= 0.3 is 5.97 Å². The van der Waals surface area contributed by atoms with Gasteiger partial charge in [-0.15, -0.1) is 0 Å². The molecule has 1 aromatic carbocycles. The second kappa shape index (κ2) is 4.68. The lowest BCUT2D eigenvalue weighted by molar-refractivity contribution is 0.0687. The number of hydrogen-bond donors (Lipinski definition) is 2. The Kier molecular flexibility index (Phi) is 2.99. The molecule has 1 unspecified atom stereocenters. The molecule has 0 radical (unpaired) electrons. The molecule has 0 saturated carbocycles. The third-order valence-corrected chi connectivity index (χ3v) is 3.72. The summed E-state index contributed by atoms with van der Waals surface area (Å²) in [6, 6.07) is 7.02. The molecule has 20 heavy (non-hydrogen) atoms. The van der Waals surface area contributed by atoms with Gasteiger partial charge in [0, 0.05) is 19.3 Å². The molecule has 0 fully saturated rings. The number of carbonyl (C=O) groups is 1. The summed E-state index contributed by atoms with van der Waals surface area (Å²) in [5.74, 6) is -1.03. The Bertz CT molecular complexity index is 662. The van der Waals surface area contributed by atoms with E-state index in [1.165, 1.54) is 12.3 Å². The molecule has 2 N–H and O–H groups in total. The van der Waals surface area contributed by atoms with E-state index in [4.69, 9.17) is 9.52 Å². The molecular weight excluding hydrogens is 258 g/mol. The van der Waals surface area contributed by atoms with Crippen LogP contribution >= 0.6 is 0 Å². The van der Waals surface area contributed by atoms with Gasteiger partial charge in [-0.3, -0.25) is 0 Å². The smallest absolute Gasteiger partial charge is 0.339 e. The number of carboxylic acids is 1. The summed E-state index contributed by atoms with van der Waals surface area (Å²) in [6.45, 7) is 0.954. The molecule has 1 aliphatic rings. The maximum atomic E-state index is 11.1. The number of aromatic carboxylic acids is 1. The number of aliphatic hydroxyl groups excluding tert-OH is 1. The van der Waals surface area contributed by atoms with Crippen molar-refractivity contribution >= 4 is 11.7 Å². The Morgan fingerprint density at radius 3 is 2.95 bits per heavy atom. The zero-order valence-corrected chi connectivity index (χ0v) is 11.0. The highest BCUT2D eigenvalue weighted by Gasteiger charge is 2.24. The lowest BCUT2D eigenvalue weighted by atomic mass is 10.0. The van der Waals surface area contributed by atoms with Crippen LogP contribution in [0.25, 0.3) is 0 Å². The zero-order valence-electron chi connectivity index (χ0n) is 11.0. The van der Waals surface area contributed by atoms with Crippen molar-refractivity contribution in [2.24, 2.45) is 0 Å². The molecule has 1 atom stereocenters. The minimum atomic E-state index is -1.10. The number of carboxylic acid groups (broad SMARTS) is 1. The maximum absolute atomic E-state index is 11.1. The maximum Gasteiger partial charge on any atom is 0.339 e. The van der Waals surface area contributed by atoms with Crippen molar-refractivity contribution in [1.29, 1.82) is 0 Å². The van der Waals surface area contributed by atoms with E-state index in [0.717, 1.165) is 24.2 Å². The first kappa shape index (κ1) is 12.7. The third-order valence-electron chi connectivity index (χ3n) is 3.72. The summed E-state index contributed by atoms with van der Waals surface area (Å²) in [7, 11) is 2.02. The third kappa shape index (κ3) is 1.96. The molecule has 104 valence electrons. The van der Waals surface area contributed by atoms with Crippen LogP contribution in [0.1, 0.15) is 33.3 Å². The van der Waals surface area contributed by atoms with Gasteiger partial charge in [0.1, 0.15) is 11.7 Å². The summed E-state index contributed by atoms with van der Waals surface area (Å²) >= 11 is 0. The summed E-state index contributed by atoms with van der Waals surface area (Å²) in [5.41, 5.74) is 2.96. The fourth-order valence-corrected chi connectivity index (χ4v) is 2.62. The highest BCUT2D eigenvalue weighted by molar-refractivity contribution is 5.89. The molecule has 5 heteroatoms. The average Bonchev–Trinajstić information content (AvgIpc) is 3.05. The van der Waals surface area contributed by atoms with Crippen LogP contribution in [0.15, 0.2) is 34.9 Å². The number of rotatable bonds is 3.